The van der Waals surface area contributed by atoms with Crippen molar-refractivity contribution in [3.63, 3.8) is 0 Å². The first kappa shape index (κ1) is 8.55. The maximum Gasteiger partial charge on any atom is 0.315 e. The lowest BCUT2D eigenvalue weighted by Gasteiger charge is -2.34. The van der Waals surface area contributed by atoms with Gasteiger partial charge in [-0.05, 0) is 19.3 Å². The Hall–Kier alpha value is -1.04. The number of hydrogen-bond acceptors (Lipinski definition) is 4. The van der Waals surface area contributed by atoms with Crippen LogP contribution in [0.5, 0.6) is 0 Å². The van der Waals surface area contributed by atoms with Crippen LogP contribution in [-0.2, 0) is 5.54 Å². The molecule has 0 aromatic carbocycles. The van der Waals surface area contributed by atoms with Crippen molar-refractivity contribution in [2.45, 2.75) is 31.2 Å². The molecule has 72 valence electrons. The molecule has 1 heterocycles. The highest BCUT2D eigenvalue weighted by molar-refractivity contribution is 5.08. The molecule has 1 fully saturated rings. The Morgan fingerprint density at radius 2 is 2.15 bits per heavy atom. The molecule has 0 unspecified atom stereocenters. The molecule has 4 nitrogen and oxygen atoms in total. The van der Waals surface area contributed by atoms with Gasteiger partial charge in [0, 0.05) is 0 Å². The van der Waals surface area contributed by atoms with Gasteiger partial charge in [0.1, 0.15) is 0 Å². The number of hydrogen-bond donors (Lipinski definition) is 1. The smallest absolute Gasteiger partial charge is 0.315 e. The lowest BCUT2D eigenvalue weighted by molar-refractivity contribution is 0.106. The minimum Gasteiger partial charge on any atom is -0.333 e. The summed E-state index contributed by atoms with van der Waals surface area (Å²) in [4.78, 5) is 3.55. The van der Waals surface area contributed by atoms with Crippen LogP contribution >= 0.6 is 0 Å². The number of halogens is 2. The van der Waals surface area contributed by atoms with Crippen molar-refractivity contribution in [1.82, 2.24) is 10.1 Å². The van der Waals surface area contributed by atoms with E-state index in [2.05, 4.69) is 14.7 Å². The fourth-order valence-electron chi connectivity index (χ4n) is 1.31. The molecular weight excluding hydrogens is 180 g/mol. The highest BCUT2D eigenvalue weighted by Crippen LogP contribution is 2.37. The monoisotopic (exact) mass is 189 g/mol. The SMILES string of the molecule is NC1(c2noc(C(F)F)n2)CCC1. The summed E-state index contributed by atoms with van der Waals surface area (Å²) in [6.45, 7) is 0. The van der Waals surface area contributed by atoms with Gasteiger partial charge in [-0.3, -0.25) is 0 Å². The van der Waals surface area contributed by atoms with E-state index in [1.165, 1.54) is 0 Å². The van der Waals surface area contributed by atoms with E-state index < -0.39 is 17.9 Å². The van der Waals surface area contributed by atoms with Gasteiger partial charge >= 0.3 is 6.43 Å². The van der Waals surface area contributed by atoms with Gasteiger partial charge in [0.15, 0.2) is 5.82 Å². The molecule has 2 N–H and O–H groups in total. The van der Waals surface area contributed by atoms with E-state index in [0.717, 1.165) is 19.3 Å². The Balaban J connectivity index is 2.22. The molecule has 2 rings (SSSR count). The molecule has 6 heteroatoms. The zero-order chi connectivity index (χ0) is 9.47. The number of aromatic nitrogens is 2. The van der Waals surface area contributed by atoms with E-state index in [9.17, 15) is 8.78 Å². The van der Waals surface area contributed by atoms with Crippen molar-refractivity contribution < 1.29 is 13.3 Å². The van der Waals surface area contributed by atoms with Gasteiger partial charge in [0.2, 0.25) is 0 Å². The summed E-state index contributed by atoms with van der Waals surface area (Å²) in [5.74, 6) is -0.444. The predicted molar refractivity (Wildman–Crippen MR) is 39.0 cm³/mol. The Bertz CT molecular complexity index is 308. The normalized spacial score (nSPS) is 20.3. The molecule has 0 saturated heterocycles. The Kier molecular flexibility index (Phi) is 1.80. The maximum absolute atomic E-state index is 12.1. The maximum atomic E-state index is 12.1. The molecule has 0 amide bonds. The van der Waals surface area contributed by atoms with E-state index >= 15 is 0 Å². The van der Waals surface area contributed by atoms with Gasteiger partial charge in [-0.15, -0.1) is 0 Å². The molecular formula is C7H9F2N3O. The number of rotatable bonds is 2. The van der Waals surface area contributed by atoms with Gasteiger partial charge in [-0.25, -0.2) is 0 Å². The quantitative estimate of drug-likeness (QED) is 0.762. The summed E-state index contributed by atoms with van der Waals surface area (Å²) >= 11 is 0. The molecule has 1 aliphatic carbocycles. The van der Waals surface area contributed by atoms with Crippen LogP contribution in [0.25, 0.3) is 0 Å². The average molecular weight is 189 g/mol. The summed E-state index contributed by atoms with van der Waals surface area (Å²) in [5.41, 5.74) is 5.18. The van der Waals surface area contributed by atoms with Crippen LogP contribution in [0.2, 0.25) is 0 Å². The first-order valence-corrected chi connectivity index (χ1v) is 4.03. The molecule has 1 saturated carbocycles. The second-order valence-electron chi connectivity index (χ2n) is 3.27. The van der Waals surface area contributed by atoms with Crippen LogP contribution < -0.4 is 5.73 Å². The predicted octanol–water partition coefficient (Wildman–Crippen LogP) is 1.35. The van der Waals surface area contributed by atoms with Gasteiger partial charge in [0.05, 0.1) is 5.54 Å². The fraction of sp³-hybridized carbons (Fsp3) is 0.714. The average Bonchev–Trinajstić information content (AvgIpc) is 2.48. The summed E-state index contributed by atoms with van der Waals surface area (Å²) in [5, 5.41) is 3.44. The lowest BCUT2D eigenvalue weighted by Crippen LogP contribution is -2.44. The van der Waals surface area contributed by atoms with Crippen molar-refractivity contribution in [1.29, 1.82) is 0 Å². The second-order valence-corrected chi connectivity index (χ2v) is 3.27. The molecule has 0 bridgehead atoms. The first-order valence-electron chi connectivity index (χ1n) is 4.03. The number of nitrogens with two attached hydrogens (primary N) is 1. The van der Waals surface area contributed by atoms with E-state index in [4.69, 9.17) is 5.73 Å². The molecule has 1 aromatic heterocycles. The minimum absolute atomic E-state index is 0.203. The highest BCUT2D eigenvalue weighted by Gasteiger charge is 2.39. The Labute approximate surface area is 73.1 Å². The largest absolute Gasteiger partial charge is 0.333 e. The summed E-state index contributed by atoms with van der Waals surface area (Å²) in [7, 11) is 0. The summed E-state index contributed by atoms with van der Waals surface area (Å²) in [6, 6.07) is 0. The summed E-state index contributed by atoms with van der Waals surface area (Å²) < 4.78 is 28.5. The molecule has 1 aromatic rings. The topological polar surface area (TPSA) is 64.9 Å². The van der Waals surface area contributed by atoms with Crippen molar-refractivity contribution >= 4 is 0 Å². The van der Waals surface area contributed by atoms with Crippen molar-refractivity contribution in [2.24, 2.45) is 5.73 Å². The van der Waals surface area contributed by atoms with E-state index in [1.54, 1.807) is 0 Å². The second kappa shape index (κ2) is 2.73. The number of nitrogens with zero attached hydrogens (tertiary/aromatic N) is 2. The third-order valence-electron chi connectivity index (χ3n) is 2.32. The molecule has 0 aliphatic heterocycles. The Morgan fingerprint density at radius 3 is 2.54 bits per heavy atom. The minimum atomic E-state index is -2.72. The van der Waals surface area contributed by atoms with Gasteiger partial charge in [-0.2, -0.15) is 13.8 Å². The first-order chi connectivity index (χ1) is 6.12. The van der Waals surface area contributed by atoms with E-state index in [-0.39, 0.29) is 5.82 Å². The molecule has 0 radical (unpaired) electrons. The standard InChI is InChI=1S/C7H9F2N3O/c8-4(9)5-11-6(12-13-5)7(10)2-1-3-7/h4H,1-3,10H2. The van der Waals surface area contributed by atoms with Crippen molar-refractivity contribution in [3.05, 3.63) is 11.7 Å². The van der Waals surface area contributed by atoms with Crippen molar-refractivity contribution in [3.8, 4) is 0 Å². The third kappa shape index (κ3) is 1.31. The van der Waals surface area contributed by atoms with Crippen LogP contribution in [0, 0.1) is 0 Å². The van der Waals surface area contributed by atoms with Crippen molar-refractivity contribution in [2.75, 3.05) is 0 Å². The highest BCUT2D eigenvalue weighted by atomic mass is 19.3. The lowest BCUT2D eigenvalue weighted by atomic mass is 9.77. The molecule has 13 heavy (non-hydrogen) atoms. The van der Waals surface area contributed by atoms with Crippen LogP contribution in [0.1, 0.15) is 37.4 Å². The van der Waals surface area contributed by atoms with E-state index in [1.807, 2.05) is 0 Å². The van der Waals surface area contributed by atoms with E-state index in [0.29, 0.717) is 0 Å². The van der Waals surface area contributed by atoms with Crippen LogP contribution in [0.15, 0.2) is 4.52 Å². The van der Waals surface area contributed by atoms with Crippen LogP contribution in [0.4, 0.5) is 8.78 Å². The fourth-order valence-corrected chi connectivity index (χ4v) is 1.31. The summed E-state index contributed by atoms with van der Waals surface area (Å²) in [6.07, 6.45) is -0.274. The molecule has 0 spiro atoms. The zero-order valence-electron chi connectivity index (χ0n) is 6.83. The van der Waals surface area contributed by atoms with Crippen LogP contribution in [0.3, 0.4) is 0 Å². The zero-order valence-corrected chi connectivity index (χ0v) is 6.83. The molecule has 1 aliphatic rings. The number of alkyl halides is 2. The van der Waals surface area contributed by atoms with Gasteiger partial charge in [-0.1, -0.05) is 5.16 Å². The molecule has 0 atom stereocenters. The Morgan fingerprint density at radius 1 is 1.46 bits per heavy atom. The van der Waals surface area contributed by atoms with Gasteiger partial charge < -0.3 is 10.3 Å². The van der Waals surface area contributed by atoms with Gasteiger partial charge in [0.25, 0.3) is 5.89 Å². The van der Waals surface area contributed by atoms with Crippen LogP contribution in [-0.4, -0.2) is 10.1 Å². The third-order valence-corrected chi connectivity index (χ3v) is 2.32.